The van der Waals surface area contributed by atoms with Gasteiger partial charge in [0.2, 0.25) is 0 Å². The molecule has 2 heterocycles. The Morgan fingerprint density at radius 3 is 2.59 bits per heavy atom. The summed E-state index contributed by atoms with van der Waals surface area (Å²) in [4.78, 5) is 14.7. The molecule has 22 heavy (non-hydrogen) atoms. The van der Waals surface area contributed by atoms with Gasteiger partial charge in [0.1, 0.15) is 11.4 Å². The summed E-state index contributed by atoms with van der Waals surface area (Å²) in [5.74, 6) is 0.928. The Morgan fingerprint density at radius 2 is 1.95 bits per heavy atom. The van der Waals surface area contributed by atoms with Crippen LogP contribution in [0.5, 0.6) is 5.75 Å². The molecule has 0 saturated carbocycles. The molecule has 0 aliphatic carbocycles. The minimum absolute atomic E-state index is 0.0975. The molecule has 0 unspecified atom stereocenters. The van der Waals surface area contributed by atoms with Crippen molar-refractivity contribution in [1.82, 2.24) is 9.47 Å². The zero-order valence-corrected chi connectivity index (χ0v) is 16.1. The number of rotatable bonds is 3. The van der Waals surface area contributed by atoms with E-state index in [1.807, 2.05) is 36.1 Å². The summed E-state index contributed by atoms with van der Waals surface area (Å²) < 4.78 is 9.31. The SMILES string of the molecule is COc1ccc(CN2CCn3c(C)c(Br)c(I)c3C2=O)cc1. The van der Waals surface area contributed by atoms with Gasteiger partial charge in [-0.25, -0.2) is 0 Å². The number of amides is 1. The van der Waals surface area contributed by atoms with Crippen LogP contribution in [0.1, 0.15) is 21.7 Å². The third kappa shape index (κ3) is 2.67. The van der Waals surface area contributed by atoms with Gasteiger partial charge in [0.25, 0.3) is 5.91 Å². The summed E-state index contributed by atoms with van der Waals surface area (Å²) >= 11 is 5.82. The standard InChI is InChI=1S/C16H16BrIN2O2/c1-10-13(17)14(18)15-16(21)19(7-8-20(10)15)9-11-3-5-12(22-2)6-4-11/h3-6H,7-9H2,1-2H3. The predicted octanol–water partition coefficient (Wildman–Crippen LogP) is 3.83. The molecule has 1 amide bonds. The number of aromatic nitrogens is 1. The van der Waals surface area contributed by atoms with Crippen LogP contribution in [-0.2, 0) is 13.1 Å². The molecule has 1 aliphatic heterocycles. The number of halogens is 2. The maximum absolute atomic E-state index is 12.8. The molecule has 1 aromatic carbocycles. The van der Waals surface area contributed by atoms with Gasteiger partial charge in [-0.05, 0) is 63.1 Å². The topological polar surface area (TPSA) is 34.5 Å². The molecule has 4 nitrogen and oxygen atoms in total. The van der Waals surface area contributed by atoms with Crippen molar-refractivity contribution < 1.29 is 9.53 Å². The second-order valence-corrected chi connectivity index (χ2v) is 7.16. The maximum atomic E-state index is 12.8. The van der Waals surface area contributed by atoms with Crippen molar-refractivity contribution in [2.45, 2.75) is 20.0 Å². The highest BCUT2D eigenvalue weighted by Crippen LogP contribution is 2.32. The Labute approximate surface area is 151 Å². The monoisotopic (exact) mass is 474 g/mol. The van der Waals surface area contributed by atoms with Gasteiger partial charge in [0.05, 0.1) is 15.2 Å². The van der Waals surface area contributed by atoms with Crippen LogP contribution < -0.4 is 4.74 Å². The summed E-state index contributed by atoms with van der Waals surface area (Å²) in [6.45, 7) is 4.24. The lowest BCUT2D eigenvalue weighted by Gasteiger charge is -2.29. The third-order valence-electron chi connectivity index (χ3n) is 4.01. The van der Waals surface area contributed by atoms with E-state index in [0.29, 0.717) is 6.54 Å². The zero-order valence-electron chi connectivity index (χ0n) is 12.4. The van der Waals surface area contributed by atoms with Crippen LogP contribution in [0.25, 0.3) is 0 Å². The first kappa shape index (κ1) is 15.9. The van der Waals surface area contributed by atoms with Gasteiger partial charge in [0, 0.05) is 25.3 Å². The Bertz CT molecular complexity index is 725. The van der Waals surface area contributed by atoms with Crippen molar-refractivity contribution in [3.8, 4) is 5.75 Å². The first-order valence-corrected chi connectivity index (χ1v) is 8.86. The molecule has 1 aliphatic rings. The molecular formula is C16H16BrIN2O2. The molecule has 0 N–H and O–H groups in total. The molecule has 6 heteroatoms. The van der Waals surface area contributed by atoms with Crippen molar-refractivity contribution in [2.24, 2.45) is 0 Å². The van der Waals surface area contributed by atoms with Gasteiger partial charge in [-0.1, -0.05) is 12.1 Å². The number of ether oxygens (including phenoxy) is 1. The number of carbonyl (C=O) groups excluding carboxylic acids is 1. The first-order valence-electron chi connectivity index (χ1n) is 6.99. The summed E-state index contributed by atoms with van der Waals surface area (Å²) in [7, 11) is 1.65. The summed E-state index contributed by atoms with van der Waals surface area (Å²) in [5, 5.41) is 0. The molecule has 0 saturated heterocycles. The molecule has 1 aromatic heterocycles. The average Bonchev–Trinajstić information content (AvgIpc) is 2.76. The highest BCUT2D eigenvalue weighted by atomic mass is 127. The van der Waals surface area contributed by atoms with E-state index in [-0.39, 0.29) is 5.91 Å². The van der Waals surface area contributed by atoms with E-state index in [1.54, 1.807) is 7.11 Å². The van der Waals surface area contributed by atoms with Gasteiger partial charge >= 0.3 is 0 Å². The summed E-state index contributed by atoms with van der Waals surface area (Å²) in [5.41, 5.74) is 3.03. The largest absolute Gasteiger partial charge is 0.497 e. The number of methoxy groups -OCH3 is 1. The second-order valence-electron chi connectivity index (χ2n) is 5.29. The highest BCUT2D eigenvalue weighted by molar-refractivity contribution is 14.1. The lowest BCUT2D eigenvalue weighted by Crippen LogP contribution is -2.40. The van der Waals surface area contributed by atoms with Crippen LogP contribution in [0.15, 0.2) is 28.7 Å². The van der Waals surface area contributed by atoms with E-state index in [4.69, 9.17) is 4.74 Å². The molecule has 3 rings (SSSR count). The lowest BCUT2D eigenvalue weighted by molar-refractivity contribution is 0.0688. The number of hydrogen-bond donors (Lipinski definition) is 0. The van der Waals surface area contributed by atoms with E-state index in [9.17, 15) is 4.79 Å². The van der Waals surface area contributed by atoms with Crippen molar-refractivity contribution in [3.63, 3.8) is 0 Å². The van der Waals surface area contributed by atoms with Crippen LogP contribution in [0, 0.1) is 10.5 Å². The summed E-state index contributed by atoms with van der Waals surface area (Å²) in [6, 6.07) is 7.87. The Balaban J connectivity index is 1.85. The van der Waals surface area contributed by atoms with E-state index in [2.05, 4.69) is 43.1 Å². The van der Waals surface area contributed by atoms with Crippen molar-refractivity contribution in [2.75, 3.05) is 13.7 Å². The fraction of sp³-hybridized carbons (Fsp3) is 0.312. The average molecular weight is 475 g/mol. The quantitative estimate of drug-likeness (QED) is 0.633. The van der Waals surface area contributed by atoms with Crippen molar-refractivity contribution in [1.29, 1.82) is 0 Å². The molecular weight excluding hydrogens is 459 g/mol. The van der Waals surface area contributed by atoms with Crippen LogP contribution in [0.3, 0.4) is 0 Å². The molecule has 0 spiro atoms. The molecule has 0 atom stereocenters. The van der Waals surface area contributed by atoms with Crippen molar-refractivity contribution >= 4 is 44.4 Å². The molecule has 116 valence electrons. The minimum atomic E-state index is 0.0975. The van der Waals surface area contributed by atoms with Crippen LogP contribution >= 0.6 is 38.5 Å². The fourth-order valence-corrected chi connectivity index (χ4v) is 4.04. The molecule has 0 bridgehead atoms. The van der Waals surface area contributed by atoms with E-state index >= 15 is 0 Å². The number of fused-ring (bicyclic) bond motifs is 1. The minimum Gasteiger partial charge on any atom is -0.497 e. The lowest BCUT2D eigenvalue weighted by atomic mass is 10.2. The van der Waals surface area contributed by atoms with E-state index in [0.717, 1.165) is 43.8 Å². The smallest absolute Gasteiger partial charge is 0.271 e. The summed E-state index contributed by atoms with van der Waals surface area (Å²) in [6.07, 6.45) is 0. The van der Waals surface area contributed by atoms with Gasteiger partial charge in [-0.3, -0.25) is 4.79 Å². The number of nitrogens with zero attached hydrogens (tertiary/aromatic N) is 2. The van der Waals surface area contributed by atoms with Gasteiger partial charge in [-0.15, -0.1) is 0 Å². The van der Waals surface area contributed by atoms with Gasteiger partial charge in [0.15, 0.2) is 0 Å². The first-order chi connectivity index (χ1) is 10.5. The van der Waals surface area contributed by atoms with Crippen molar-refractivity contribution in [3.05, 3.63) is 49.3 Å². The molecule has 0 radical (unpaired) electrons. The Morgan fingerprint density at radius 1 is 1.27 bits per heavy atom. The van der Waals surface area contributed by atoms with Gasteiger partial charge in [-0.2, -0.15) is 0 Å². The number of benzene rings is 1. The Hall–Kier alpha value is -1.02. The maximum Gasteiger partial charge on any atom is 0.271 e. The van der Waals surface area contributed by atoms with Gasteiger partial charge < -0.3 is 14.2 Å². The molecule has 2 aromatic rings. The fourth-order valence-electron chi connectivity index (χ4n) is 2.73. The predicted molar refractivity (Wildman–Crippen MR) is 97.3 cm³/mol. The second kappa shape index (κ2) is 6.23. The molecule has 0 fully saturated rings. The van der Waals surface area contributed by atoms with Crippen LogP contribution in [0.2, 0.25) is 0 Å². The highest BCUT2D eigenvalue weighted by Gasteiger charge is 2.30. The van der Waals surface area contributed by atoms with Crippen LogP contribution in [0.4, 0.5) is 0 Å². The van der Waals surface area contributed by atoms with E-state index in [1.165, 1.54) is 0 Å². The van der Waals surface area contributed by atoms with Crippen LogP contribution in [-0.4, -0.2) is 29.0 Å². The number of hydrogen-bond acceptors (Lipinski definition) is 2. The van der Waals surface area contributed by atoms with E-state index < -0.39 is 0 Å². The number of carbonyl (C=O) groups is 1. The normalized spacial score (nSPS) is 14.2. The zero-order chi connectivity index (χ0) is 15.9. The third-order valence-corrected chi connectivity index (χ3v) is 6.77. The Kier molecular flexibility index (Phi) is 4.49.